The lowest BCUT2D eigenvalue weighted by atomic mass is 10.1. The summed E-state index contributed by atoms with van der Waals surface area (Å²) in [6.07, 6.45) is 9.76. The molecule has 0 fully saturated rings. The number of halogens is 1. The fourth-order valence-corrected chi connectivity index (χ4v) is 3.75. The predicted molar refractivity (Wildman–Crippen MR) is 124 cm³/mol. The molecule has 0 radical (unpaired) electrons. The minimum Gasteiger partial charge on any atom is -0.354 e. The van der Waals surface area contributed by atoms with Gasteiger partial charge in [-0.05, 0) is 42.5 Å². The van der Waals surface area contributed by atoms with Crippen molar-refractivity contribution in [2.45, 2.75) is 0 Å². The first kappa shape index (κ1) is 20.6. The number of nitrogens with one attached hydrogen (secondary N) is 2. The van der Waals surface area contributed by atoms with E-state index in [1.165, 1.54) is 6.20 Å². The Hall–Kier alpha value is -3.67. The van der Waals surface area contributed by atoms with Gasteiger partial charge in [-0.3, -0.25) is 9.71 Å². The maximum Gasteiger partial charge on any atom is 0.229 e. The van der Waals surface area contributed by atoms with Gasteiger partial charge in [0.05, 0.1) is 28.8 Å². The third-order valence-corrected chi connectivity index (χ3v) is 5.21. The number of fused-ring (bicyclic) bond motifs is 1. The second-order valence-corrected chi connectivity index (χ2v) is 8.82. The van der Waals surface area contributed by atoms with Crippen LogP contribution in [0.5, 0.6) is 0 Å². The van der Waals surface area contributed by atoms with Crippen LogP contribution < -0.4 is 10.0 Å². The quantitative estimate of drug-likeness (QED) is 0.345. The molecule has 2 N–H and O–H groups in total. The molecule has 154 valence electrons. The van der Waals surface area contributed by atoms with Crippen molar-refractivity contribution in [2.75, 3.05) is 16.3 Å². The number of nitrogens with zero attached hydrogens (tertiary/aromatic N) is 3. The van der Waals surface area contributed by atoms with Gasteiger partial charge < -0.3 is 5.32 Å². The predicted octanol–water partition coefficient (Wildman–Crippen LogP) is 4.44. The van der Waals surface area contributed by atoms with Crippen molar-refractivity contribution in [3.05, 3.63) is 71.6 Å². The zero-order chi connectivity index (χ0) is 22.0. The van der Waals surface area contributed by atoms with Gasteiger partial charge in [0.25, 0.3) is 0 Å². The summed E-state index contributed by atoms with van der Waals surface area (Å²) < 4.78 is 25.6. The average Bonchev–Trinajstić information content (AvgIpc) is 2.74. The highest BCUT2D eigenvalue weighted by Crippen LogP contribution is 2.30. The van der Waals surface area contributed by atoms with Crippen molar-refractivity contribution >= 4 is 49.7 Å². The molecular formula is C22H16ClN5O2S. The summed E-state index contributed by atoms with van der Waals surface area (Å²) in [7, 11) is -3.51. The Kier molecular flexibility index (Phi) is 5.46. The largest absolute Gasteiger partial charge is 0.354 e. The lowest BCUT2D eigenvalue weighted by molar-refractivity contribution is 0.607. The van der Waals surface area contributed by atoms with Gasteiger partial charge in [-0.2, -0.15) is 0 Å². The second-order valence-electron chi connectivity index (χ2n) is 6.71. The number of hydrogen-bond acceptors (Lipinski definition) is 6. The Morgan fingerprint density at radius 1 is 1.06 bits per heavy atom. The number of terminal acetylenes is 1. The van der Waals surface area contributed by atoms with E-state index in [2.05, 4.69) is 25.9 Å². The van der Waals surface area contributed by atoms with Crippen molar-refractivity contribution in [3.8, 4) is 23.6 Å². The van der Waals surface area contributed by atoms with E-state index >= 15 is 0 Å². The maximum atomic E-state index is 11.6. The monoisotopic (exact) mass is 449 g/mol. The molecule has 4 aromatic rings. The highest BCUT2D eigenvalue weighted by Gasteiger charge is 2.12. The van der Waals surface area contributed by atoms with Crippen molar-refractivity contribution < 1.29 is 8.42 Å². The van der Waals surface area contributed by atoms with Crippen LogP contribution in [-0.2, 0) is 10.0 Å². The normalized spacial score (nSPS) is 11.1. The molecule has 0 spiro atoms. The SMILES string of the molecule is C#Cc1cccc(Nc2ccnc3ccc(-c4cnc(Cl)c(NS(C)(=O)=O)c4)nc23)c1. The van der Waals surface area contributed by atoms with Crippen molar-refractivity contribution in [2.24, 2.45) is 0 Å². The first-order valence-electron chi connectivity index (χ1n) is 9.05. The fraction of sp³-hybridized carbons (Fsp3) is 0.0455. The van der Waals surface area contributed by atoms with Gasteiger partial charge in [-0.1, -0.05) is 23.6 Å². The molecule has 0 bridgehead atoms. The number of sulfonamides is 1. The summed E-state index contributed by atoms with van der Waals surface area (Å²) in [4.78, 5) is 13.2. The molecule has 31 heavy (non-hydrogen) atoms. The van der Waals surface area contributed by atoms with Gasteiger partial charge in [0, 0.05) is 29.2 Å². The second kappa shape index (κ2) is 8.22. The summed E-state index contributed by atoms with van der Waals surface area (Å²) in [5.41, 5.74) is 5.02. The van der Waals surface area contributed by atoms with Crippen LogP contribution in [-0.4, -0.2) is 29.6 Å². The van der Waals surface area contributed by atoms with E-state index in [-0.39, 0.29) is 10.8 Å². The molecule has 3 aromatic heterocycles. The number of pyridine rings is 3. The van der Waals surface area contributed by atoms with Crippen molar-refractivity contribution in [3.63, 3.8) is 0 Å². The molecule has 0 saturated carbocycles. The van der Waals surface area contributed by atoms with Crippen LogP contribution in [0.15, 0.2) is 60.9 Å². The van der Waals surface area contributed by atoms with Crippen molar-refractivity contribution in [1.82, 2.24) is 15.0 Å². The number of aromatic nitrogens is 3. The molecule has 0 aliphatic carbocycles. The highest BCUT2D eigenvalue weighted by atomic mass is 35.5. The zero-order valence-corrected chi connectivity index (χ0v) is 17.9. The van der Waals surface area contributed by atoms with Crippen LogP contribution >= 0.6 is 11.6 Å². The third kappa shape index (κ3) is 4.74. The van der Waals surface area contributed by atoms with Crippen LogP contribution in [0.25, 0.3) is 22.3 Å². The Morgan fingerprint density at radius 2 is 1.90 bits per heavy atom. The lowest BCUT2D eigenvalue weighted by Gasteiger charge is -2.11. The molecule has 4 rings (SSSR count). The molecule has 3 heterocycles. The highest BCUT2D eigenvalue weighted by molar-refractivity contribution is 7.92. The minimum absolute atomic E-state index is 0.0485. The topological polar surface area (TPSA) is 96.9 Å². The van der Waals surface area contributed by atoms with E-state index in [0.717, 1.165) is 23.2 Å². The van der Waals surface area contributed by atoms with Crippen LogP contribution in [0.1, 0.15) is 5.56 Å². The first-order valence-corrected chi connectivity index (χ1v) is 11.3. The summed E-state index contributed by atoms with van der Waals surface area (Å²) in [6, 6.07) is 14.5. The number of anilines is 3. The smallest absolute Gasteiger partial charge is 0.229 e. The molecule has 9 heteroatoms. The summed E-state index contributed by atoms with van der Waals surface area (Å²) >= 11 is 6.03. The van der Waals surface area contributed by atoms with E-state index in [9.17, 15) is 8.42 Å². The van der Waals surface area contributed by atoms with E-state index < -0.39 is 10.0 Å². The average molecular weight is 450 g/mol. The van der Waals surface area contributed by atoms with Crippen LogP contribution in [0.4, 0.5) is 17.1 Å². The molecule has 1 aromatic carbocycles. The molecule has 0 atom stereocenters. The molecule has 0 aliphatic heterocycles. The minimum atomic E-state index is -3.51. The van der Waals surface area contributed by atoms with Gasteiger partial charge in [-0.25, -0.2) is 18.4 Å². The lowest BCUT2D eigenvalue weighted by Crippen LogP contribution is -2.10. The zero-order valence-electron chi connectivity index (χ0n) is 16.3. The number of hydrogen-bond donors (Lipinski definition) is 2. The van der Waals surface area contributed by atoms with Crippen LogP contribution in [0.3, 0.4) is 0 Å². The standard InChI is InChI=1S/C22H16ClN5O2S/c1-3-14-5-4-6-16(11-14)26-19-9-10-24-18-8-7-17(27-21(18)19)15-12-20(22(23)25-13-15)28-31(2,29)30/h1,4-13,28H,2H3,(H,24,26). The number of rotatable bonds is 5. The maximum absolute atomic E-state index is 11.6. The van der Waals surface area contributed by atoms with E-state index in [4.69, 9.17) is 23.0 Å². The molecule has 7 nitrogen and oxygen atoms in total. The number of benzene rings is 1. The molecular weight excluding hydrogens is 434 g/mol. The first-order chi connectivity index (χ1) is 14.8. The summed E-state index contributed by atoms with van der Waals surface area (Å²) in [5, 5.41) is 3.37. The van der Waals surface area contributed by atoms with Gasteiger partial charge in [-0.15, -0.1) is 6.42 Å². The van der Waals surface area contributed by atoms with E-state index in [0.29, 0.717) is 22.3 Å². The van der Waals surface area contributed by atoms with E-state index in [1.54, 1.807) is 18.3 Å². The van der Waals surface area contributed by atoms with Crippen LogP contribution in [0.2, 0.25) is 5.15 Å². The van der Waals surface area contributed by atoms with Gasteiger partial charge >= 0.3 is 0 Å². The van der Waals surface area contributed by atoms with Gasteiger partial charge in [0.1, 0.15) is 5.52 Å². The Balaban J connectivity index is 1.77. The Morgan fingerprint density at radius 3 is 2.68 bits per heavy atom. The van der Waals surface area contributed by atoms with Gasteiger partial charge in [0.2, 0.25) is 10.0 Å². The molecule has 0 aliphatic rings. The Bertz CT molecular complexity index is 1450. The van der Waals surface area contributed by atoms with Gasteiger partial charge in [0.15, 0.2) is 5.15 Å². The summed E-state index contributed by atoms with van der Waals surface area (Å²) in [5.74, 6) is 2.61. The van der Waals surface area contributed by atoms with E-state index in [1.807, 2.05) is 36.4 Å². The molecule has 0 saturated heterocycles. The third-order valence-electron chi connectivity index (χ3n) is 4.32. The van der Waals surface area contributed by atoms with Crippen LogP contribution in [0, 0.1) is 12.3 Å². The molecule has 0 amide bonds. The molecule has 0 unspecified atom stereocenters. The van der Waals surface area contributed by atoms with Crippen molar-refractivity contribution in [1.29, 1.82) is 0 Å². The Labute approximate surface area is 184 Å². The fourth-order valence-electron chi connectivity index (χ4n) is 2.99. The summed E-state index contributed by atoms with van der Waals surface area (Å²) in [6.45, 7) is 0.